The molecule has 118 valence electrons. The Morgan fingerprint density at radius 1 is 1.29 bits per heavy atom. The van der Waals surface area contributed by atoms with E-state index in [0.717, 1.165) is 17.9 Å². The zero-order valence-electron chi connectivity index (χ0n) is 13.2. The number of halogens is 2. The van der Waals surface area contributed by atoms with Gasteiger partial charge in [0.15, 0.2) is 0 Å². The maximum atomic E-state index is 13.9. The maximum Gasteiger partial charge on any atom is 0.126 e. The molecular weight excluding hydrogens is 285 g/mol. The van der Waals surface area contributed by atoms with Gasteiger partial charge in [-0.15, -0.1) is 0 Å². The second kappa shape index (κ2) is 8.14. The van der Waals surface area contributed by atoms with Crippen LogP contribution in [0, 0.1) is 17.7 Å². The lowest BCUT2D eigenvalue weighted by Crippen LogP contribution is -2.37. The highest BCUT2D eigenvalue weighted by atomic mass is 35.5. The van der Waals surface area contributed by atoms with Gasteiger partial charge < -0.3 is 5.32 Å². The van der Waals surface area contributed by atoms with Crippen LogP contribution in [0.15, 0.2) is 18.2 Å². The highest BCUT2D eigenvalue weighted by Gasteiger charge is 2.27. The number of benzene rings is 1. The molecule has 1 aliphatic carbocycles. The Bertz CT molecular complexity index is 441. The smallest absolute Gasteiger partial charge is 0.126 e. The molecule has 1 atom stereocenters. The summed E-state index contributed by atoms with van der Waals surface area (Å²) in [5, 5.41) is 4.02. The van der Waals surface area contributed by atoms with Gasteiger partial charge in [-0.1, -0.05) is 44.2 Å². The van der Waals surface area contributed by atoms with Crippen LogP contribution in [0.25, 0.3) is 0 Å². The van der Waals surface area contributed by atoms with E-state index in [-0.39, 0.29) is 5.82 Å². The molecule has 1 aromatic carbocycles. The van der Waals surface area contributed by atoms with E-state index in [2.05, 4.69) is 12.2 Å². The predicted octanol–water partition coefficient (Wildman–Crippen LogP) is 5.22. The standard InChI is InChI=1S/C18H27ClFN/c1-3-4-13-5-7-14(8-6-13)18(21-2)12-15-11-16(19)9-10-17(15)20/h9-11,13-14,18,21H,3-8,12H2,1-2H3. The third kappa shape index (κ3) is 4.69. The van der Waals surface area contributed by atoms with Crippen molar-refractivity contribution in [3.63, 3.8) is 0 Å². The molecule has 1 aliphatic rings. The highest BCUT2D eigenvalue weighted by molar-refractivity contribution is 6.30. The first-order valence-electron chi connectivity index (χ1n) is 8.25. The van der Waals surface area contributed by atoms with E-state index in [1.54, 1.807) is 12.1 Å². The lowest BCUT2D eigenvalue weighted by atomic mass is 9.76. The number of hydrogen-bond acceptors (Lipinski definition) is 1. The van der Waals surface area contributed by atoms with Crippen molar-refractivity contribution in [3.05, 3.63) is 34.6 Å². The fourth-order valence-corrected chi connectivity index (χ4v) is 3.92. The van der Waals surface area contributed by atoms with Gasteiger partial charge in [-0.2, -0.15) is 0 Å². The van der Waals surface area contributed by atoms with Crippen LogP contribution in [0.1, 0.15) is 51.0 Å². The fraction of sp³-hybridized carbons (Fsp3) is 0.667. The summed E-state index contributed by atoms with van der Waals surface area (Å²) in [6, 6.07) is 5.21. The van der Waals surface area contributed by atoms with Crippen molar-refractivity contribution in [2.45, 2.75) is 57.9 Å². The second-order valence-electron chi connectivity index (χ2n) is 6.40. The third-order valence-corrected chi connectivity index (χ3v) is 5.21. The van der Waals surface area contributed by atoms with E-state index >= 15 is 0 Å². The lowest BCUT2D eigenvalue weighted by Gasteiger charge is -2.34. The van der Waals surface area contributed by atoms with E-state index in [0.29, 0.717) is 17.0 Å². The van der Waals surface area contributed by atoms with Gasteiger partial charge in [0.05, 0.1) is 0 Å². The SMILES string of the molecule is CCCC1CCC(C(Cc2cc(Cl)ccc2F)NC)CC1. The zero-order chi connectivity index (χ0) is 15.2. The molecule has 2 rings (SSSR count). The molecule has 0 heterocycles. The van der Waals surface area contributed by atoms with Gasteiger partial charge in [0.25, 0.3) is 0 Å². The lowest BCUT2D eigenvalue weighted by molar-refractivity contribution is 0.217. The molecule has 0 amide bonds. The monoisotopic (exact) mass is 311 g/mol. The summed E-state index contributed by atoms with van der Waals surface area (Å²) in [4.78, 5) is 0. The van der Waals surface area contributed by atoms with Crippen LogP contribution in [0.3, 0.4) is 0 Å². The Kier molecular flexibility index (Phi) is 6.50. The molecule has 3 heteroatoms. The van der Waals surface area contributed by atoms with E-state index in [1.165, 1.54) is 44.6 Å². The Morgan fingerprint density at radius 2 is 2.00 bits per heavy atom. The summed E-state index contributed by atoms with van der Waals surface area (Å²) in [7, 11) is 1.99. The van der Waals surface area contributed by atoms with Crippen LogP contribution in [0.4, 0.5) is 4.39 Å². The maximum absolute atomic E-state index is 13.9. The minimum atomic E-state index is -0.140. The van der Waals surface area contributed by atoms with Crippen molar-refractivity contribution >= 4 is 11.6 Å². The topological polar surface area (TPSA) is 12.0 Å². The molecule has 1 unspecified atom stereocenters. The summed E-state index contributed by atoms with van der Waals surface area (Å²) < 4.78 is 13.9. The predicted molar refractivity (Wildman–Crippen MR) is 88.3 cm³/mol. The van der Waals surface area contributed by atoms with Crippen LogP contribution in [-0.2, 0) is 6.42 Å². The summed E-state index contributed by atoms with van der Waals surface area (Å²) >= 11 is 6.00. The zero-order valence-corrected chi connectivity index (χ0v) is 13.9. The third-order valence-electron chi connectivity index (χ3n) is 4.98. The molecule has 0 radical (unpaired) electrons. The van der Waals surface area contributed by atoms with E-state index in [9.17, 15) is 4.39 Å². The first-order valence-corrected chi connectivity index (χ1v) is 8.63. The number of nitrogens with one attached hydrogen (secondary N) is 1. The summed E-state index contributed by atoms with van der Waals surface area (Å²) in [5.74, 6) is 1.42. The molecule has 0 aromatic heterocycles. The van der Waals surface area contributed by atoms with Crippen molar-refractivity contribution in [3.8, 4) is 0 Å². The van der Waals surface area contributed by atoms with Gasteiger partial charge in [-0.05, 0) is 61.9 Å². The van der Waals surface area contributed by atoms with E-state index < -0.39 is 0 Å². The Hall–Kier alpha value is -0.600. The number of likely N-dealkylation sites (N-methyl/N-ethyl adjacent to an activating group) is 1. The Morgan fingerprint density at radius 3 is 2.62 bits per heavy atom. The van der Waals surface area contributed by atoms with Crippen molar-refractivity contribution in [2.75, 3.05) is 7.05 Å². The molecule has 1 fully saturated rings. The molecule has 1 saturated carbocycles. The van der Waals surface area contributed by atoms with E-state index in [1.807, 2.05) is 7.05 Å². The van der Waals surface area contributed by atoms with Crippen molar-refractivity contribution in [2.24, 2.45) is 11.8 Å². The normalized spacial score (nSPS) is 24.0. The first-order chi connectivity index (χ1) is 10.1. The van der Waals surface area contributed by atoms with Gasteiger partial charge in [-0.25, -0.2) is 4.39 Å². The first kappa shape index (κ1) is 16.8. The molecule has 1 nitrogen and oxygen atoms in total. The fourth-order valence-electron chi connectivity index (χ4n) is 3.73. The van der Waals surface area contributed by atoms with Gasteiger partial charge >= 0.3 is 0 Å². The van der Waals surface area contributed by atoms with Gasteiger partial charge in [0.1, 0.15) is 5.82 Å². The summed E-state index contributed by atoms with van der Waals surface area (Å²) in [5.41, 5.74) is 0.734. The molecule has 1 N–H and O–H groups in total. The second-order valence-corrected chi connectivity index (χ2v) is 6.84. The number of rotatable bonds is 6. The molecule has 0 spiro atoms. The van der Waals surface area contributed by atoms with Crippen molar-refractivity contribution < 1.29 is 4.39 Å². The quantitative estimate of drug-likeness (QED) is 0.760. The molecule has 1 aromatic rings. The van der Waals surface area contributed by atoms with Crippen LogP contribution in [0.5, 0.6) is 0 Å². The molecule has 21 heavy (non-hydrogen) atoms. The van der Waals surface area contributed by atoms with Gasteiger partial charge in [0.2, 0.25) is 0 Å². The van der Waals surface area contributed by atoms with Crippen LogP contribution < -0.4 is 5.32 Å². The molecular formula is C18H27ClFN. The highest BCUT2D eigenvalue weighted by Crippen LogP contribution is 2.34. The minimum absolute atomic E-state index is 0.140. The molecule has 0 aliphatic heterocycles. The van der Waals surface area contributed by atoms with Crippen molar-refractivity contribution in [1.29, 1.82) is 0 Å². The minimum Gasteiger partial charge on any atom is -0.316 e. The van der Waals surface area contributed by atoms with Crippen LogP contribution in [-0.4, -0.2) is 13.1 Å². The average molecular weight is 312 g/mol. The van der Waals surface area contributed by atoms with Gasteiger partial charge in [0, 0.05) is 11.1 Å². The van der Waals surface area contributed by atoms with Gasteiger partial charge in [-0.3, -0.25) is 0 Å². The average Bonchev–Trinajstić information content (AvgIpc) is 2.49. The Balaban J connectivity index is 1.96. The Labute approximate surface area is 133 Å². The number of hydrogen-bond donors (Lipinski definition) is 1. The van der Waals surface area contributed by atoms with Crippen molar-refractivity contribution in [1.82, 2.24) is 5.32 Å². The molecule has 0 bridgehead atoms. The largest absolute Gasteiger partial charge is 0.316 e. The van der Waals surface area contributed by atoms with Crippen LogP contribution >= 0.6 is 11.6 Å². The molecule has 0 saturated heterocycles. The van der Waals surface area contributed by atoms with Crippen LogP contribution in [0.2, 0.25) is 5.02 Å². The van der Waals surface area contributed by atoms with E-state index in [4.69, 9.17) is 11.6 Å². The summed E-state index contributed by atoms with van der Waals surface area (Å²) in [6.45, 7) is 2.27. The summed E-state index contributed by atoms with van der Waals surface area (Å²) in [6.07, 6.45) is 8.56.